The van der Waals surface area contributed by atoms with Crippen LogP contribution in [0.1, 0.15) is 37.7 Å². The summed E-state index contributed by atoms with van der Waals surface area (Å²) >= 11 is 0. The molecule has 0 radical (unpaired) electrons. The van der Waals surface area contributed by atoms with Gasteiger partial charge < -0.3 is 9.47 Å². The molecule has 164 valence electrons. The van der Waals surface area contributed by atoms with Crippen LogP contribution in [0.25, 0.3) is 0 Å². The molecule has 8 heteroatoms. The number of nitrogens with zero attached hydrogens (tertiary/aromatic N) is 2. The van der Waals surface area contributed by atoms with E-state index >= 15 is 0 Å². The number of amides is 1. The average molecular weight is 418 g/mol. The monoisotopic (exact) mass is 417 g/mol. The molecule has 2 saturated heterocycles. The molecule has 0 saturated carbocycles. The van der Waals surface area contributed by atoms with E-state index in [0.717, 1.165) is 25.8 Å². The van der Waals surface area contributed by atoms with Crippen LogP contribution in [0.4, 0.5) is 0 Å². The molecule has 3 unspecified atom stereocenters. The van der Waals surface area contributed by atoms with Crippen molar-refractivity contribution in [3.8, 4) is 0 Å². The van der Waals surface area contributed by atoms with Crippen molar-refractivity contribution in [3.05, 3.63) is 35.9 Å². The summed E-state index contributed by atoms with van der Waals surface area (Å²) in [4.78, 5) is 37.7. The number of esters is 2. The Hall–Kier alpha value is -2.45. The lowest BCUT2D eigenvalue weighted by Crippen LogP contribution is -2.67. The topological polar surface area (TPSA) is 88.2 Å². The van der Waals surface area contributed by atoms with Gasteiger partial charge in [0.2, 0.25) is 0 Å². The molecule has 0 aliphatic carbocycles. The Morgan fingerprint density at radius 3 is 2.60 bits per heavy atom. The van der Waals surface area contributed by atoms with Crippen molar-refractivity contribution in [3.63, 3.8) is 0 Å². The molecule has 8 nitrogen and oxygen atoms in total. The van der Waals surface area contributed by atoms with Crippen LogP contribution in [0.15, 0.2) is 30.3 Å². The number of hydrazine groups is 1. The molecule has 1 amide bonds. The van der Waals surface area contributed by atoms with Gasteiger partial charge >= 0.3 is 11.9 Å². The maximum absolute atomic E-state index is 13.2. The predicted octanol–water partition coefficient (Wildman–Crippen LogP) is 1.29. The Kier molecular flexibility index (Phi) is 7.81. The number of carbonyl (C=O) groups excluding carboxylic acids is 3. The molecule has 2 fully saturated rings. The molecule has 0 aromatic heterocycles. The summed E-state index contributed by atoms with van der Waals surface area (Å²) in [6.07, 6.45) is 4.20. The largest absolute Gasteiger partial charge is 0.468 e. The fraction of sp³-hybridized carbons (Fsp3) is 0.591. The number of carbonyl (C=O) groups is 3. The fourth-order valence-electron chi connectivity index (χ4n) is 4.29. The highest BCUT2D eigenvalue weighted by Crippen LogP contribution is 2.25. The fourth-order valence-corrected chi connectivity index (χ4v) is 4.29. The summed E-state index contributed by atoms with van der Waals surface area (Å²) in [7, 11) is 2.70. The van der Waals surface area contributed by atoms with E-state index in [1.807, 2.05) is 23.2 Å². The van der Waals surface area contributed by atoms with Crippen LogP contribution >= 0.6 is 0 Å². The highest BCUT2D eigenvalue weighted by molar-refractivity contribution is 5.88. The summed E-state index contributed by atoms with van der Waals surface area (Å²) in [5, 5.41) is 6.67. The van der Waals surface area contributed by atoms with Gasteiger partial charge in [0.1, 0.15) is 12.1 Å². The molecule has 2 aliphatic heterocycles. The van der Waals surface area contributed by atoms with E-state index < -0.39 is 24.1 Å². The van der Waals surface area contributed by atoms with Gasteiger partial charge in [0, 0.05) is 13.1 Å². The molecule has 2 aliphatic rings. The summed E-state index contributed by atoms with van der Waals surface area (Å²) in [6.45, 7) is 1.39. The van der Waals surface area contributed by atoms with Crippen molar-refractivity contribution in [2.75, 3.05) is 27.3 Å². The van der Waals surface area contributed by atoms with Crippen LogP contribution < -0.4 is 5.32 Å². The minimum absolute atomic E-state index is 0.187. The van der Waals surface area contributed by atoms with Crippen molar-refractivity contribution in [1.82, 2.24) is 15.3 Å². The van der Waals surface area contributed by atoms with Crippen LogP contribution in [0.3, 0.4) is 0 Å². The number of benzene rings is 1. The minimum Gasteiger partial charge on any atom is -0.468 e. The average Bonchev–Trinajstić information content (AvgIpc) is 2.79. The Balaban J connectivity index is 1.64. The Labute approximate surface area is 177 Å². The van der Waals surface area contributed by atoms with Crippen molar-refractivity contribution < 1.29 is 23.9 Å². The summed E-state index contributed by atoms with van der Waals surface area (Å²) in [6, 6.07) is 8.38. The Morgan fingerprint density at radius 2 is 1.90 bits per heavy atom. The van der Waals surface area contributed by atoms with Gasteiger partial charge in [-0.25, -0.2) is 9.80 Å². The van der Waals surface area contributed by atoms with Gasteiger partial charge in [-0.05, 0) is 44.1 Å². The van der Waals surface area contributed by atoms with Crippen LogP contribution in [-0.4, -0.2) is 73.3 Å². The first-order valence-corrected chi connectivity index (χ1v) is 10.6. The zero-order chi connectivity index (χ0) is 21.5. The van der Waals surface area contributed by atoms with Crippen molar-refractivity contribution >= 4 is 17.8 Å². The van der Waals surface area contributed by atoms with E-state index in [1.165, 1.54) is 24.8 Å². The highest BCUT2D eigenvalue weighted by Gasteiger charge is 2.44. The number of hydrogen-bond acceptors (Lipinski definition) is 7. The van der Waals surface area contributed by atoms with Gasteiger partial charge in [-0.3, -0.25) is 19.9 Å². The van der Waals surface area contributed by atoms with Gasteiger partial charge in [0.25, 0.3) is 5.91 Å². The van der Waals surface area contributed by atoms with Gasteiger partial charge in [0.05, 0.1) is 20.3 Å². The summed E-state index contributed by atoms with van der Waals surface area (Å²) < 4.78 is 9.86. The molecule has 1 aromatic carbocycles. The van der Waals surface area contributed by atoms with E-state index in [9.17, 15) is 14.4 Å². The number of nitrogens with one attached hydrogen (secondary N) is 1. The Bertz CT molecular complexity index is 742. The quantitative estimate of drug-likeness (QED) is 0.638. The second-order valence-electron chi connectivity index (χ2n) is 7.78. The number of methoxy groups -OCH3 is 2. The van der Waals surface area contributed by atoms with E-state index in [2.05, 4.69) is 17.4 Å². The lowest BCUT2D eigenvalue weighted by atomic mass is 10.00. The van der Waals surface area contributed by atoms with Crippen molar-refractivity contribution in [2.24, 2.45) is 0 Å². The molecule has 2 heterocycles. The lowest BCUT2D eigenvalue weighted by molar-refractivity contribution is -0.184. The second-order valence-corrected chi connectivity index (χ2v) is 7.78. The third kappa shape index (κ3) is 5.17. The van der Waals surface area contributed by atoms with Crippen LogP contribution in [0, 0.1) is 0 Å². The number of rotatable bonds is 8. The van der Waals surface area contributed by atoms with Crippen LogP contribution in [0.2, 0.25) is 0 Å². The number of fused-ring (bicyclic) bond motifs is 1. The SMILES string of the molecule is COC(=O)C(CCCc1ccccc1)NC1CCN2CCCC(C(=O)OC)N2C1=O. The zero-order valence-corrected chi connectivity index (χ0v) is 17.7. The smallest absolute Gasteiger partial charge is 0.330 e. The molecular formula is C22H31N3O5. The normalized spacial score (nSPS) is 22.9. The summed E-state index contributed by atoms with van der Waals surface area (Å²) in [5.74, 6) is -0.962. The molecule has 0 bridgehead atoms. The highest BCUT2D eigenvalue weighted by atomic mass is 16.5. The van der Waals surface area contributed by atoms with E-state index in [4.69, 9.17) is 9.47 Å². The van der Waals surface area contributed by atoms with Crippen LogP contribution in [-0.2, 0) is 30.3 Å². The van der Waals surface area contributed by atoms with Gasteiger partial charge in [0.15, 0.2) is 0 Å². The van der Waals surface area contributed by atoms with E-state index in [1.54, 1.807) is 0 Å². The molecule has 1 aromatic rings. The third-order valence-corrected chi connectivity index (χ3v) is 5.86. The van der Waals surface area contributed by atoms with Gasteiger partial charge in [-0.2, -0.15) is 0 Å². The molecule has 3 atom stereocenters. The first-order valence-electron chi connectivity index (χ1n) is 10.6. The molecular weight excluding hydrogens is 386 g/mol. The number of aryl methyl sites for hydroxylation is 1. The third-order valence-electron chi connectivity index (χ3n) is 5.86. The second kappa shape index (κ2) is 10.5. The molecule has 30 heavy (non-hydrogen) atoms. The standard InChI is InChI=1S/C22H31N3O5/c1-29-21(27)18(11-6-10-16-8-4-3-5-9-16)23-17-13-15-24-14-7-12-19(22(28)30-2)25(24)20(17)26/h3-5,8-9,17-19,23H,6-7,10-15H2,1-2H3. The number of hydrogen-bond donors (Lipinski definition) is 1. The lowest BCUT2D eigenvalue weighted by Gasteiger charge is -2.48. The van der Waals surface area contributed by atoms with E-state index in [0.29, 0.717) is 25.8 Å². The first-order chi connectivity index (χ1) is 14.5. The van der Waals surface area contributed by atoms with Gasteiger partial charge in [-0.15, -0.1) is 0 Å². The van der Waals surface area contributed by atoms with Gasteiger partial charge in [-0.1, -0.05) is 30.3 Å². The minimum atomic E-state index is -0.601. The Morgan fingerprint density at radius 1 is 1.13 bits per heavy atom. The maximum atomic E-state index is 13.2. The van der Waals surface area contributed by atoms with Crippen molar-refractivity contribution in [2.45, 2.75) is 56.7 Å². The summed E-state index contributed by atoms with van der Waals surface area (Å²) in [5.41, 5.74) is 1.21. The van der Waals surface area contributed by atoms with E-state index in [-0.39, 0.29) is 11.9 Å². The maximum Gasteiger partial charge on any atom is 0.330 e. The first kappa shape index (κ1) is 22.2. The van der Waals surface area contributed by atoms with Crippen molar-refractivity contribution in [1.29, 1.82) is 0 Å². The van der Waals surface area contributed by atoms with Crippen LogP contribution in [0.5, 0.6) is 0 Å². The molecule has 1 N–H and O–H groups in total. The predicted molar refractivity (Wildman–Crippen MR) is 110 cm³/mol. The molecule has 3 rings (SSSR count). The number of ether oxygens (including phenoxy) is 2. The molecule has 0 spiro atoms. The zero-order valence-electron chi connectivity index (χ0n) is 17.7.